The van der Waals surface area contributed by atoms with Crippen molar-refractivity contribution in [3.8, 4) is 5.75 Å². The van der Waals surface area contributed by atoms with Crippen molar-refractivity contribution in [3.63, 3.8) is 0 Å². The molecular formula is C19H26ClN3O2. The van der Waals surface area contributed by atoms with Crippen molar-refractivity contribution in [1.82, 2.24) is 4.90 Å². The number of ether oxygens (including phenoxy) is 1. The predicted molar refractivity (Wildman–Crippen MR) is 99.8 cm³/mol. The zero-order valence-corrected chi connectivity index (χ0v) is 15.5. The van der Waals surface area contributed by atoms with Gasteiger partial charge in [-0.15, -0.1) is 0 Å². The molecule has 4 heterocycles. The lowest BCUT2D eigenvalue weighted by Gasteiger charge is -2.51. The van der Waals surface area contributed by atoms with Gasteiger partial charge in [-0.3, -0.25) is 4.79 Å². The van der Waals surface area contributed by atoms with Crippen LogP contribution < -0.4 is 15.4 Å². The number of hydrogen-bond acceptors (Lipinski definition) is 4. The van der Waals surface area contributed by atoms with E-state index in [0.717, 1.165) is 43.1 Å². The van der Waals surface area contributed by atoms with Gasteiger partial charge in [-0.25, -0.2) is 0 Å². The number of halogens is 1. The highest BCUT2D eigenvalue weighted by Gasteiger charge is 2.40. The van der Waals surface area contributed by atoms with Gasteiger partial charge in [0.15, 0.2) is 0 Å². The quantitative estimate of drug-likeness (QED) is 0.893. The third kappa shape index (κ3) is 2.87. The van der Waals surface area contributed by atoms with Crippen molar-refractivity contribution >= 4 is 23.2 Å². The van der Waals surface area contributed by atoms with E-state index in [4.69, 9.17) is 22.1 Å². The molecule has 5 rings (SSSR count). The van der Waals surface area contributed by atoms with Crippen LogP contribution in [0.3, 0.4) is 0 Å². The highest BCUT2D eigenvalue weighted by atomic mass is 35.5. The minimum absolute atomic E-state index is 0.404. The topological polar surface area (TPSA) is 58.8 Å². The van der Waals surface area contributed by atoms with Gasteiger partial charge in [0.1, 0.15) is 5.75 Å². The molecule has 3 fully saturated rings. The number of anilines is 1. The maximum absolute atomic E-state index is 11.9. The maximum atomic E-state index is 11.9. The molecule has 1 atom stereocenters. The molecule has 0 aromatic heterocycles. The fourth-order valence-electron chi connectivity index (χ4n) is 4.87. The molecule has 1 unspecified atom stereocenters. The molecule has 4 aliphatic heterocycles. The smallest absolute Gasteiger partial charge is 0.252 e. The molecule has 1 aromatic rings. The predicted octanol–water partition coefficient (Wildman–Crippen LogP) is 2.68. The number of hydrogen-bond donors (Lipinski definition) is 1. The van der Waals surface area contributed by atoms with Crippen molar-refractivity contribution in [2.24, 2.45) is 11.7 Å². The number of carbonyl (C=O) groups is 1. The van der Waals surface area contributed by atoms with Crippen LogP contribution in [0.4, 0.5) is 5.69 Å². The number of nitrogens with two attached hydrogens (primary N) is 1. The molecule has 0 radical (unpaired) electrons. The normalized spacial score (nSPS) is 27.9. The molecule has 2 bridgehead atoms. The summed E-state index contributed by atoms with van der Waals surface area (Å²) in [5.41, 5.74) is 8.11. The minimum Gasteiger partial charge on any atom is -0.493 e. The molecule has 0 saturated carbocycles. The number of primary amides is 1. The molecule has 25 heavy (non-hydrogen) atoms. The monoisotopic (exact) mass is 363 g/mol. The van der Waals surface area contributed by atoms with E-state index in [1.54, 1.807) is 6.07 Å². The van der Waals surface area contributed by atoms with Gasteiger partial charge in [-0.2, -0.15) is 0 Å². The van der Waals surface area contributed by atoms with Gasteiger partial charge in [0.05, 0.1) is 22.9 Å². The average Bonchev–Trinajstić information content (AvgIpc) is 2.64. The molecule has 2 N–H and O–H groups in total. The van der Waals surface area contributed by atoms with Crippen LogP contribution in [0.25, 0.3) is 0 Å². The van der Waals surface area contributed by atoms with Crippen LogP contribution in [0.1, 0.15) is 42.1 Å². The Morgan fingerprint density at radius 1 is 1.36 bits per heavy atom. The number of carbonyl (C=O) groups excluding carboxylic acids is 1. The van der Waals surface area contributed by atoms with Gasteiger partial charge >= 0.3 is 0 Å². The van der Waals surface area contributed by atoms with Gasteiger partial charge in [-0.05, 0) is 57.7 Å². The summed E-state index contributed by atoms with van der Waals surface area (Å²) in [6.07, 6.45) is 4.47. The first-order chi connectivity index (χ1) is 12.1. The highest BCUT2D eigenvalue weighted by molar-refractivity contribution is 6.34. The summed E-state index contributed by atoms with van der Waals surface area (Å²) in [5.74, 6) is 0.895. The van der Waals surface area contributed by atoms with Crippen LogP contribution in [-0.2, 0) is 6.42 Å². The molecule has 6 heteroatoms. The van der Waals surface area contributed by atoms with Crippen molar-refractivity contribution in [2.45, 2.75) is 38.6 Å². The van der Waals surface area contributed by atoms with Gasteiger partial charge in [-0.1, -0.05) is 11.6 Å². The van der Waals surface area contributed by atoms with E-state index < -0.39 is 5.91 Å². The van der Waals surface area contributed by atoms with Crippen molar-refractivity contribution < 1.29 is 9.53 Å². The van der Waals surface area contributed by atoms with Crippen LogP contribution in [0.15, 0.2) is 6.07 Å². The summed E-state index contributed by atoms with van der Waals surface area (Å²) in [5, 5.41) is 0.628. The van der Waals surface area contributed by atoms with E-state index >= 15 is 0 Å². The SMILES string of the molecule is CCOc1c(C(N)=O)cc(Cl)c2c1CCCN2C1CN2CCC1CC2. The third-order valence-electron chi connectivity index (χ3n) is 5.99. The zero-order valence-electron chi connectivity index (χ0n) is 14.8. The Bertz CT molecular complexity index is 686. The molecule has 136 valence electrons. The van der Waals surface area contributed by atoms with Crippen LogP contribution >= 0.6 is 11.6 Å². The second-order valence-corrected chi connectivity index (χ2v) is 7.77. The molecule has 4 aliphatic rings. The van der Waals surface area contributed by atoms with Crippen molar-refractivity contribution in [3.05, 3.63) is 22.2 Å². The first-order valence-corrected chi connectivity index (χ1v) is 9.75. The van der Waals surface area contributed by atoms with E-state index in [0.29, 0.717) is 29.0 Å². The molecular weight excluding hydrogens is 338 g/mol. The maximum Gasteiger partial charge on any atom is 0.252 e. The van der Waals surface area contributed by atoms with Crippen LogP contribution in [-0.4, -0.2) is 49.6 Å². The Morgan fingerprint density at radius 2 is 2.12 bits per heavy atom. The highest BCUT2D eigenvalue weighted by Crippen LogP contribution is 2.45. The fourth-order valence-corrected chi connectivity index (χ4v) is 5.20. The number of rotatable bonds is 4. The van der Waals surface area contributed by atoms with E-state index in [9.17, 15) is 4.79 Å². The number of amides is 1. The Labute approximate surface area is 154 Å². The second kappa shape index (κ2) is 6.69. The summed E-state index contributed by atoms with van der Waals surface area (Å²) < 4.78 is 5.85. The van der Waals surface area contributed by atoms with E-state index in [2.05, 4.69) is 9.80 Å². The minimum atomic E-state index is -0.479. The molecule has 1 amide bonds. The van der Waals surface area contributed by atoms with Gasteiger partial charge < -0.3 is 20.3 Å². The molecule has 5 nitrogen and oxygen atoms in total. The largest absolute Gasteiger partial charge is 0.493 e. The lowest BCUT2D eigenvalue weighted by atomic mass is 9.81. The molecule has 3 saturated heterocycles. The first kappa shape index (κ1) is 17.0. The molecule has 1 aromatic carbocycles. The van der Waals surface area contributed by atoms with Crippen molar-refractivity contribution in [2.75, 3.05) is 37.7 Å². The average molecular weight is 364 g/mol. The van der Waals surface area contributed by atoms with Gasteiger partial charge in [0.25, 0.3) is 5.91 Å². The lowest BCUT2D eigenvalue weighted by Crippen LogP contribution is -2.58. The summed E-state index contributed by atoms with van der Waals surface area (Å²) in [7, 11) is 0. The zero-order chi connectivity index (χ0) is 17.6. The Hall–Kier alpha value is -1.46. The van der Waals surface area contributed by atoms with E-state index in [-0.39, 0.29) is 0 Å². The number of benzene rings is 1. The van der Waals surface area contributed by atoms with Gasteiger partial charge in [0, 0.05) is 24.7 Å². The molecule has 0 spiro atoms. The molecule has 0 aliphatic carbocycles. The standard InChI is InChI=1S/C19H26ClN3O2/c1-2-25-18-13-4-3-7-23(16-11-22-8-5-12(16)6-9-22)17(13)15(20)10-14(18)19(21)24/h10,12,16H,2-9,11H2,1H3,(H2,21,24). The Balaban J connectivity index is 1.78. The van der Waals surface area contributed by atoms with E-state index in [1.807, 2.05) is 6.92 Å². The van der Waals surface area contributed by atoms with Crippen LogP contribution in [0, 0.1) is 5.92 Å². The summed E-state index contributed by atoms with van der Waals surface area (Å²) >= 11 is 6.66. The van der Waals surface area contributed by atoms with Gasteiger partial charge in [0.2, 0.25) is 0 Å². The fraction of sp³-hybridized carbons (Fsp3) is 0.632. The lowest BCUT2D eigenvalue weighted by molar-refractivity contribution is 0.0845. The number of piperidine rings is 3. The van der Waals surface area contributed by atoms with Crippen LogP contribution in [0.2, 0.25) is 5.02 Å². The summed E-state index contributed by atoms with van der Waals surface area (Å²) in [6.45, 7) is 7.01. The first-order valence-electron chi connectivity index (χ1n) is 9.37. The Morgan fingerprint density at radius 3 is 2.72 bits per heavy atom. The summed E-state index contributed by atoms with van der Waals surface area (Å²) in [4.78, 5) is 16.9. The van der Waals surface area contributed by atoms with Crippen molar-refractivity contribution in [1.29, 1.82) is 0 Å². The Kier molecular flexibility index (Phi) is 4.54. The summed E-state index contributed by atoms with van der Waals surface area (Å²) in [6, 6.07) is 2.21. The van der Waals surface area contributed by atoms with E-state index in [1.165, 1.54) is 25.9 Å². The van der Waals surface area contributed by atoms with Crippen LogP contribution in [0.5, 0.6) is 5.75 Å². The number of fused-ring (bicyclic) bond motifs is 4. The second-order valence-electron chi connectivity index (χ2n) is 7.36. The third-order valence-corrected chi connectivity index (χ3v) is 6.28. The number of nitrogens with zero attached hydrogens (tertiary/aromatic N) is 2.